The predicted octanol–water partition coefficient (Wildman–Crippen LogP) is 0.387. The molecule has 5 nitrogen and oxygen atoms in total. The minimum absolute atomic E-state index is 0. The van der Waals surface area contributed by atoms with E-state index < -0.39 is 5.97 Å². The lowest BCUT2D eigenvalue weighted by molar-refractivity contribution is -0.255. The van der Waals surface area contributed by atoms with E-state index in [9.17, 15) is 9.90 Å². The molecule has 66 valence electrons. The number of carbonyl (C=O) groups excluding carboxylic acids is 1. The highest BCUT2D eigenvalue weighted by Gasteiger charge is 2.00. The molecule has 1 heterocycles. The molecule has 0 radical (unpaired) electrons. The second-order valence-corrected chi connectivity index (χ2v) is 1.97. The molecular weight excluding hydrogens is 182 g/mol. The van der Waals surface area contributed by atoms with Crippen LogP contribution in [0.4, 0.5) is 5.69 Å². The summed E-state index contributed by atoms with van der Waals surface area (Å²) in [5.41, 5.74) is 0.0386. The summed E-state index contributed by atoms with van der Waals surface area (Å²) in [6.07, 6.45) is 1.35. The maximum atomic E-state index is 10.3. The number of carboxylic acids is 1. The van der Waals surface area contributed by atoms with Crippen LogP contribution in [0.3, 0.4) is 0 Å². The summed E-state index contributed by atoms with van der Waals surface area (Å²) in [6.45, 7) is 0. The third-order valence-corrected chi connectivity index (χ3v) is 1.31. The predicted molar refractivity (Wildman–Crippen MR) is 44.0 cm³/mol. The summed E-state index contributed by atoms with van der Waals surface area (Å²) in [5.74, 6) is -1.35. The largest absolute Gasteiger partial charge is 0.543 e. The van der Waals surface area contributed by atoms with Gasteiger partial charge in [0, 0.05) is 18.0 Å². The van der Waals surface area contributed by atoms with Crippen molar-refractivity contribution in [1.29, 1.82) is 0 Å². The standard InChI is InChI=1S/C6H5ClN2O2.H3N/c7-9-4-2-1-3-8-5(4)6(10)11;/h1-3,9H,(H,10,11);1H3. The van der Waals surface area contributed by atoms with E-state index in [1.165, 1.54) is 12.3 Å². The number of pyridine rings is 1. The number of anilines is 1. The van der Waals surface area contributed by atoms with Crippen molar-refractivity contribution in [3.05, 3.63) is 24.0 Å². The molecule has 6 heteroatoms. The molecule has 0 fully saturated rings. The number of nitrogens with one attached hydrogen (secondary N) is 1. The lowest BCUT2D eigenvalue weighted by atomic mass is 10.3. The lowest BCUT2D eigenvalue weighted by Crippen LogP contribution is -2.24. The first-order valence-corrected chi connectivity index (χ1v) is 3.16. The van der Waals surface area contributed by atoms with Crippen molar-refractivity contribution >= 4 is 23.4 Å². The topological polar surface area (TPSA) is 102 Å². The maximum Gasteiger partial charge on any atom is 0.110 e. The molecule has 0 spiro atoms. The van der Waals surface area contributed by atoms with Gasteiger partial charge in [-0.05, 0) is 12.1 Å². The summed E-state index contributed by atoms with van der Waals surface area (Å²) in [6, 6.07) is 3.06. The van der Waals surface area contributed by atoms with Gasteiger partial charge in [0.2, 0.25) is 0 Å². The maximum absolute atomic E-state index is 10.3. The zero-order valence-electron chi connectivity index (χ0n) is 6.37. The number of nitrogens with zero attached hydrogens (tertiary/aromatic N) is 1. The minimum Gasteiger partial charge on any atom is -0.543 e. The molecule has 0 bridgehead atoms. The average Bonchev–Trinajstić information content (AvgIpc) is 2.04. The summed E-state index contributed by atoms with van der Waals surface area (Å²) in [7, 11) is 0. The normalized spacial score (nSPS) is 8.42. The van der Waals surface area contributed by atoms with Gasteiger partial charge >= 0.3 is 0 Å². The average molecular weight is 190 g/mol. The second-order valence-electron chi connectivity index (χ2n) is 1.78. The molecule has 1 rings (SSSR count). The highest BCUT2D eigenvalue weighted by atomic mass is 35.5. The second kappa shape index (κ2) is 4.53. The number of hydrogen-bond donors (Lipinski definition) is 2. The van der Waals surface area contributed by atoms with Crippen LogP contribution >= 0.6 is 11.8 Å². The van der Waals surface area contributed by atoms with E-state index in [1.807, 2.05) is 0 Å². The molecule has 0 amide bonds. The summed E-state index contributed by atoms with van der Waals surface area (Å²) < 4.78 is 0. The van der Waals surface area contributed by atoms with Crippen LogP contribution in [-0.4, -0.2) is 11.0 Å². The van der Waals surface area contributed by atoms with E-state index in [2.05, 4.69) is 9.82 Å². The Balaban J connectivity index is 0.00000121. The molecule has 0 aliphatic rings. The van der Waals surface area contributed by atoms with E-state index in [0.717, 1.165) is 0 Å². The van der Waals surface area contributed by atoms with Gasteiger partial charge in [0.15, 0.2) is 0 Å². The molecule has 12 heavy (non-hydrogen) atoms. The van der Waals surface area contributed by atoms with Crippen molar-refractivity contribution < 1.29 is 9.90 Å². The fourth-order valence-electron chi connectivity index (χ4n) is 0.644. The van der Waals surface area contributed by atoms with E-state index in [4.69, 9.17) is 11.8 Å². The molecule has 0 aromatic carbocycles. The van der Waals surface area contributed by atoms with Gasteiger partial charge in [-0.15, -0.1) is 0 Å². The molecule has 1 aromatic heterocycles. The van der Waals surface area contributed by atoms with Crippen LogP contribution in [0.1, 0.15) is 10.5 Å². The van der Waals surface area contributed by atoms with Crippen LogP contribution in [0, 0.1) is 0 Å². The van der Waals surface area contributed by atoms with Crippen molar-refractivity contribution in [3.8, 4) is 0 Å². The monoisotopic (exact) mass is 189 g/mol. The van der Waals surface area contributed by atoms with E-state index >= 15 is 0 Å². The Morgan fingerprint density at radius 1 is 1.67 bits per heavy atom. The van der Waals surface area contributed by atoms with Gasteiger partial charge in [0.25, 0.3) is 0 Å². The van der Waals surface area contributed by atoms with E-state index in [0.29, 0.717) is 0 Å². The van der Waals surface area contributed by atoms with Gasteiger partial charge < -0.3 is 16.1 Å². The van der Waals surface area contributed by atoms with E-state index in [1.54, 1.807) is 6.07 Å². The number of aromatic carboxylic acids is 1. The van der Waals surface area contributed by atoms with Crippen molar-refractivity contribution in [2.24, 2.45) is 0 Å². The van der Waals surface area contributed by atoms with Crippen molar-refractivity contribution in [2.45, 2.75) is 0 Å². The van der Waals surface area contributed by atoms with Crippen molar-refractivity contribution in [3.63, 3.8) is 0 Å². The van der Waals surface area contributed by atoms with Crippen LogP contribution in [0.5, 0.6) is 0 Å². The Labute approximate surface area is 74.1 Å². The molecule has 0 atom stereocenters. The van der Waals surface area contributed by atoms with Gasteiger partial charge in [-0.3, -0.25) is 9.82 Å². The zero-order valence-corrected chi connectivity index (χ0v) is 7.13. The number of carbonyl (C=O) groups is 1. The fourth-order valence-corrected chi connectivity index (χ4v) is 0.797. The Kier molecular flexibility index (Phi) is 4.03. The zero-order chi connectivity index (χ0) is 8.27. The van der Waals surface area contributed by atoms with Crippen molar-refractivity contribution in [2.75, 3.05) is 4.84 Å². The molecule has 1 aromatic rings. The minimum atomic E-state index is -1.35. The van der Waals surface area contributed by atoms with Gasteiger partial charge in [-0.1, -0.05) is 0 Å². The number of hydrogen-bond acceptors (Lipinski definition) is 4. The van der Waals surface area contributed by atoms with Crippen LogP contribution in [0.2, 0.25) is 0 Å². The van der Waals surface area contributed by atoms with E-state index in [-0.39, 0.29) is 17.5 Å². The highest BCUT2D eigenvalue weighted by Crippen LogP contribution is 2.11. The highest BCUT2D eigenvalue weighted by molar-refractivity contribution is 6.24. The van der Waals surface area contributed by atoms with Gasteiger partial charge in [0.05, 0.1) is 11.7 Å². The Bertz CT molecular complexity index is 279. The molecule has 0 saturated heterocycles. The first-order valence-electron chi connectivity index (χ1n) is 2.78. The number of quaternary nitrogens is 1. The molecule has 0 aliphatic heterocycles. The Morgan fingerprint density at radius 2 is 2.33 bits per heavy atom. The first-order chi connectivity index (χ1) is 5.25. The third-order valence-electron chi connectivity index (χ3n) is 1.10. The van der Waals surface area contributed by atoms with Crippen molar-refractivity contribution in [1.82, 2.24) is 11.1 Å². The first kappa shape index (κ1) is 10.7. The van der Waals surface area contributed by atoms with Gasteiger partial charge in [-0.2, -0.15) is 0 Å². The summed E-state index contributed by atoms with van der Waals surface area (Å²) >= 11 is 5.20. The quantitative estimate of drug-likeness (QED) is 0.657. The van der Waals surface area contributed by atoms with Gasteiger partial charge in [0.1, 0.15) is 5.69 Å². The number of halogens is 1. The Morgan fingerprint density at radius 3 is 2.75 bits per heavy atom. The smallest absolute Gasteiger partial charge is 0.110 e. The number of rotatable bonds is 2. The molecule has 0 unspecified atom stereocenters. The number of carboxylic acid groups (broad SMARTS) is 1. The SMILES string of the molecule is O=C([O-])c1ncccc1NCl.[NH4+]. The molecular formula is C6H8ClN3O2. The molecule has 5 N–H and O–H groups in total. The lowest BCUT2D eigenvalue weighted by Gasteiger charge is -2.05. The summed E-state index contributed by atoms with van der Waals surface area (Å²) in [4.78, 5) is 16.0. The van der Waals surface area contributed by atoms with Crippen LogP contribution in [0.25, 0.3) is 0 Å². The van der Waals surface area contributed by atoms with Crippen LogP contribution in [-0.2, 0) is 0 Å². The summed E-state index contributed by atoms with van der Waals surface area (Å²) in [5, 5.41) is 10.3. The van der Waals surface area contributed by atoms with Crippen LogP contribution in [0.15, 0.2) is 18.3 Å². The Hall–Kier alpha value is -1.33. The van der Waals surface area contributed by atoms with Crippen LogP contribution < -0.4 is 16.1 Å². The molecule has 0 aliphatic carbocycles. The fraction of sp³-hybridized carbons (Fsp3) is 0. The third kappa shape index (κ3) is 2.08. The molecule has 0 saturated carbocycles. The number of aromatic nitrogens is 1. The van der Waals surface area contributed by atoms with Gasteiger partial charge in [-0.25, -0.2) is 0 Å².